The summed E-state index contributed by atoms with van der Waals surface area (Å²) in [5, 5.41) is 2.37. The Morgan fingerprint density at radius 1 is 1.06 bits per heavy atom. The van der Waals surface area contributed by atoms with Crippen LogP contribution in [0.25, 0.3) is 0 Å². The van der Waals surface area contributed by atoms with E-state index in [1.165, 1.54) is 19.3 Å². The van der Waals surface area contributed by atoms with Gasteiger partial charge in [-0.25, -0.2) is 10.4 Å². The second-order valence-corrected chi connectivity index (χ2v) is 5.70. The fourth-order valence-electron chi connectivity index (χ4n) is 4.18. The van der Waals surface area contributed by atoms with Gasteiger partial charge in [-0.3, -0.25) is 0 Å². The van der Waals surface area contributed by atoms with Crippen molar-refractivity contribution in [2.75, 3.05) is 6.54 Å². The maximum Gasteiger partial charge on any atom is 0.0580 e. The summed E-state index contributed by atoms with van der Waals surface area (Å²) < 4.78 is 0. The quantitative estimate of drug-likeness (QED) is 0.538. The monoisotopic (exact) mass is 232 g/mol. The third kappa shape index (κ3) is 1.52. The van der Waals surface area contributed by atoms with Gasteiger partial charge in [0.1, 0.15) is 0 Å². The van der Waals surface area contributed by atoms with Gasteiger partial charge in [0.05, 0.1) is 12.1 Å². The van der Waals surface area contributed by atoms with Gasteiger partial charge in [0.2, 0.25) is 0 Å². The molecule has 2 aliphatic carbocycles. The Kier molecular flexibility index (Phi) is 2.36. The normalized spacial score (nSPS) is 48.6. The first-order valence-electron chi connectivity index (χ1n) is 6.81. The van der Waals surface area contributed by atoms with Gasteiger partial charge in [0, 0.05) is 6.54 Å². The number of hydrogen-bond acceptors (Lipinski definition) is 4. The van der Waals surface area contributed by atoms with E-state index >= 15 is 0 Å². The molecule has 1 saturated heterocycles. The third-order valence-electron chi connectivity index (χ3n) is 4.88. The number of hydrogen-bond donors (Lipinski definition) is 3. The number of nitrogens with zero attached hydrogens (tertiary/aromatic N) is 1. The maximum absolute atomic E-state index is 3.35. The van der Waals surface area contributed by atoms with Crippen LogP contribution in [0.2, 0.25) is 0 Å². The van der Waals surface area contributed by atoms with Crippen LogP contribution in [0.5, 0.6) is 0 Å². The summed E-state index contributed by atoms with van der Waals surface area (Å²) in [6, 6.07) is 1.03. The summed E-state index contributed by atoms with van der Waals surface area (Å²) in [5.74, 6) is 2.33. The highest BCUT2D eigenvalue weighted by molar-refractivity contribution is 5.18. The van der Waals surface area contributed by atoms with Crippen LogP contribution in [-0.2, 0) is 0 Å². The van der Waals surface area contributed by atoms with Gasteiger partial charge in [-0.1, -0.05) is 30.7 Å². The summed E-state index contributed by atoms with van der Waals surface area (Å²) in [6.07, 6.45) is 13.7. The Labute approximate surface area is 102 Å². The summed E-state index contributed by atoms with van der Waals surface area (Å²) in [7, 11) is 0. The molecule has 17 heavy (non-hydrogen) atoms. The zero-order valence-electron chi connectivity index (χ0n) is 9.97. The van der Waals surface area contributed by atoms with E-state index < -0.39 is 0 Å². The SMILES string of the molecule is C1=CC2CCCC3C=C[C@@H]4NNNN(C1)[C@H]4C23. The van der Waals surface area contributed by atoms with E-state index in [4.69, 9.17) is 0 Å². The molecule has 5 atom stereocenters. The number of allylic oxidation sites excluding steroid dienone is 2. The van der Waals surface area contributed by atoms with E-state index in [1.54, 1.807) is 0 Å². The lowest BCUT2D eigenvalue weighted by atomic mass is 9.65. The number of rotatable bonds is 0. The highest BCUT2D eigenvalue weighted by Crippen LogP contribution is 2.44. The molecule has 3 N–H and O–H groups in total. The molecule has 0 amide bonds. The predicted octanol–water partition coefficient (Wildman–Crippen LogP) is 0.725. The van der Waals surface area contributed by atoms with Crippen LogP contribution in [0.4, 0.5) is 0 Å². The number of nitrogens with one attached hydrogen (secondary N) is 3. The molecule has 2 aliphatic heterocycles. The van der Waals surface area contributed by atoms with Crippen molar-refractivity contribution in [3.63, 3.8) is 0 Å². The van der Waals surface area contributed by atoms with E-state index in [2.05, 4.69) is 45.8 Å². The highest BCUT2D eigenvalue weighted by Gasteiger charge is 2.46. The van der Waals surface area contributed by atoms with Gasteiger partial charge in [0.25, 0.3) is 0 Å². The van der Waals surface area contributed by atoms with Gasteiger partial charge in [0.15, 0.2) is 0 Å². The zero-order chi connectivity index (χ0) is 11.2. The average Bonchev–Trinajstić information content (AvgIpc) is 2.57. The van der Waals surface area contributed by atoms with Crippen molar-refractivity contribution in [1.29, 1.82) is 0 Å². The molecular weight excluding hydrogens is 212 g/mol. The Balaban J connectivity index is 1.76. The lowest BCUT2D eigenvalue weighted by Gasteiger charge is -2.51. The molecule has 0 spiro atoms. The van der Waals surface area contributed by atoms with E-state index in [-0.39, 0.29) is 0 Å². The van der Waals surface area contributed by atoms with Crippen molar-refractivity contribution in [2.24, 2.45) is 17.8 Å². The molecule has 3 unspecified atom stereocenters. The van der Waals surface area contributed by atoms with Crippen molar-refractivity contribution in [2.45, 2.75) is 31.3 Å². The molecule has 0 aromatic heterocycles. The Morgan fingerprint density at radius 3 is 2.88 bits per heavy atom. The largest absolute Gasteiger partial charge is 0.235 e. The first-order chi connectivity index (χ1) is 8.43. The average molecular weight is 232 g/mol. The van der Waals surface area contributed by atoms with E-state index in [0.717, 1.165) is 24.3 Å². The van der Waals surface area contributed by atoms with Crippen LogP contribution in [0.15, 0.2) is 24.3 Å². The lowest BCUT2D eigenvalue weighted by molar-refractivity contribution is -0.0314. The minimum absolute atomic E-state index is 0.443. The molecule has 0 aromatic rings. The standard InChI is InChI=1S/C13H20N4/c1-3-9-5-2-8-17-13-11(14-15-16-17)7-6-10(4-1)12(9)13/h2,5-7,9-16H,1,3-4,8H2/t9?,10?,11-,12?,13+/m0/s1. The molecule has 0 aromatic carbocycles. The molecule has 4 nitrogen and oxygen atoms in total. The van der Waals surface area contributed by atoms with Crippen molar-refractivity contribution < 1.29 is 0 Å². The third-order valence-corrected chi connectivity index (χ3v) is 4.88. The van der Waals surface area contributed by atoms with Gasteiger partial charge in [-0.05, 0) is 30.6 Å². The highest BCUT2D eigenvalue weighted by atomic mass is 15.8. The molecule has 0 radical (unpaired) electrons. The van der Waals surface area contributed by atoms with Gasteiger partial charge in [-0.15, -0.1) is 0 Å². The zero-order valence-corrected chi connectivity index (χ0v) is 9.97. The molecule has 4 rings (SSSR count). The topological polar surface area (TPSA) is 39.3 Å². The van der Waals surface area contributed by atoms with Gasteiger partial charge < -0.3 is 0 Å². The fourth-order valence-corrected chi connectivity index (χ4v) is 4.18. The molecule has 2 heterocycles. The van der Waals surface area contributed by atoms with E-state index in [9.17, 15) is 0 Å². The minimum atomic E-state index is 0.443. The summed E-state index contributed by atoms with van der Waals surface area (Å²) >= 11 is 0. The molecule has 2 fully saturated rings. The summed E-state index contributed by atoms with van der Waals surface area (Å²) in [6.45, 7) is 1.00. The molecule has 92 valence electrons. The molecular formula is C13H20N4. The second-order valence-electron chi connectivity index (χ2n) is 5.70. The van der Waals surface area contributed by atoms with Gasteiger partial charge >= 0.3 is 0 Å². The van der Waals surface area contributed by atoms with Crippen molar-refractivity contribution in [3.8, 4) is 0 Å². The summed E-state index contributed by atoms with van der Waals surface area (Å²) in [5.41, 5.74) is 9.69. The molecule has 0 bridgehead atoms. The Hall–Kier alpha value is -0.680. The van der Waals surface area contributed by atoms with Crippen LogP contribution in [-0.4, -0.2) is 23.6 Å². The first kappa shape index (κ1) is 10.3. The van der Waals surface area contributed by atoms with Crippen LogP contribution < -0.4 is 16.5 Å². The predicted molar refractivity (Wildman–Crippen MR) is 66.3 cm³/mol. The van der Waals surface area contributed by atoms with E-state index in [1.807, 2.05) is 0 Å². The first-order valence-corrected chi connectivity index (χ1v) is 6.81. The summed E-state index contributed by atoms with van der Waals surface area (Å²) in [4.78, 5) is 0. The lowest BCUT2D eigenvalue weighted by Crippen LogP contribution is -2.72. The van der Waals surface area contributed by atoms with Crippen LogP contribution >= 0.6 is 0 Å². The maximum atomic E-state index is 3.35. The van der Waals surface area contributed by atoms with Crippen LogP contribution in [0, 0.1) is 17.8 Å². The molecule has 1 saturated carbocycles. The number of hydrazine groups is 3. The molecule has 4 aliphatic rings. The Bertz CT molecular complexity index is 364. The van der Waals surface area contributed by atoms with Crippen molar-refractivity contribution in [3.05, 3.63) is 24.3 Å². The Morgan fingerprint density at radius 2 is 1.94 bits per heavy atom. The fraction of sp³-hybridized carbons (Fsp3) is 0.692. The smallest absolute Gasteiger partial charge is 0.0580 e. The van der Waals surface area contributed by atoms with Crippen LogP contribution in [0.1, 0.15) is 19.3 Å². The van der Waals surface area contributed by atoms with Crippen LogP contribution in [0.3, 0.4) is 0 Å². The van der Waals surface area contributed by atoms with Crippen molar-refractivity contribution in [1.82, 2.24) is 21.5 Å². The van der Waals surface area contributed by atoms with Crippen molar-refractivity contribution >= 4 is 0 Å². The second kappa shape index (κ2) is 3.92. The molecule has 4 heteroatoms. The van der Waals surface area contributed by atoms with Gasteiger partial charge in [-0.2, -0.15) is 11.1 Å². The van der Waals surface area contributed by atoms with E-state index in [0.29, 0.717) is 12.1 Å². The minimum Gasteiger partial charge on any atom is -0.235 e.